The number of Topliss-reactive ketones (excluding diaryl/α,β-unsaturated/α-hetero) is 1. The SMILES string of the molecule is CC(C)NCC(=O)c1ccc(OC(=O)C2CC(C)(C)C2)c(O)c1. The first-order chi connectivity index (χ1) is 10.7. The van der Waals surface area contributed by atoms with Gasteiger partial charge in [0.25, 0.3) is 0 Å². The molecule has 0 saturated heterocycles. The van der Waals surface area contributed by atoms with Crippen LogP contribution in [-0.2, 0) is 4.79 Å². The van der Waals surface area contributed by atoms with Crippen molar-refractivity contribution in [3.8, 4) is 11.5 Å². The number of carbonyl (C=O) groups excluding carboxylic acids is 2. The van der Waals surface area contributed by atoms with Gasteiger partial charge in [0.2, 0.25) is 0 Å². The smallest absolute Gasteiger partial charge is 0.314 e. The third kappa shape index (κ3) is 4.55. The Balaban J connectivity index is 1.97. The van der Waals surface area contributed by atoms with Crippen LogP contribution in [0.2, 0.25) is 0 Å². The molecule has 0 unspecified atom stereocenters. The summed E-state index contributed by atoms with van der Waals surface area (Å²) in [6, 6.07) is 4.59. The molecule has 0 aliphatic heterocycles. The normalized spacial score (nSPS) is 16.9. The molecule has 0 bridgehead atoms. The van der Waals surface area contributed by atoms with Gasteiger partial charge in [-0.3, -0.25) is 9.59 Å². The third-order valence-corrected chi connectivity index (χ3v) is 4.09. The van der Waals surface area contributed by atoms with Crippen LogP contribution in [-0.4, -0.2) is 29.4 Å². The van der Waals surface area contributed by atoms with E-state index in [1.54, 1.807) is 6.07 Å². The summed E-state index contributed by atoms with van der Waals surface area (Å²) >= 11 is 0. The molecular formula is C18H25NO4. The molecule has 0 heterocycles. The van der Waals surface area contributed by atoms with Crippen LogP contribution >= 0.6 is 0 Å². The largest absolute Gasteiger partial charge is 0.504 e. The van der Waals surface area contributed by atoms with Crippen molar-refractivity contribution >= 4 is 11.8 Å². The van der Waals surface area contributed by atoms with Gasteiger partial charge in [0.05, 0.1) is 12.5 Å². The summed E-state index contributed by atoms with van der Waals surface area (Å²) in [7, 11) is 0. The molecule has 1 fully saturated rings. The molecule has 0 aromatic heterocycles. The number of carbonyl (C=O) groups is 2. The molecule has 2 N–H and O–H groups in total. The van der Waals surface area contributed by atoms with Gasteiger partial charge < -0.3 is 15.2 Å². The van der Waals surface area contributed by atoms with Gasteiger partial charge in [0.15, 0.2) is 17.3 Å². The lowest BCUT2D eigenvalue weighted by atomic mass is 9.64. The Kier molecular flexibility index (Phi) is 5.09. The highest BCUT2D eigenvalue weighted by atomic mass is 16.5. The van der Waals surface area contributed by atoms with E-state index in [0.717, 1.165) is 12.8 Å². The quantitative estimate of drug-likeness (QED) is 0.479. The molecule has 0 spiro atoms. The van der Waals surface area contributed by atoms with E-state index < -0.39 is 0 Å². The van der Waals surface area contributed by atoms with E-state index in [1.165, 1.54) is 12.1 Å². The summed E-state index contributed by atoms with van der Waals surface area (Å²) in [5, 5.41) is 13.0. The standard InChI is InChI=1S/C18H25NO4/c1-11(2)19-10-15(21)12-5-6-16(14(20)7-12)23-17(22)13-8-18(3,4)9-13/h5-7,11,13,19-20H,8-10H2,1-4H3. The highest BCUT2D eigenvalue weighted by Gasteiger charge is 2.41. The monoisotopic (exact) mass is 319 g/mol. The predicted molar refractivity (Wildman–Crippen MR) is 87.7 cm³/mol. The molecule has 1 aliphatic rings. The Bertz CT molecular complexity index is 599. The van der Waals surface area contributed by atoms with Crippen LogP contribution in [0.3, 0.4) is 0 Å². The molecule has 0 amide bonds. The lowest BCUT2D eigenvalue weighted by Gasteiger charge is -2.40. The molecule has 126 valence electrons. The lowest BCUT2D eigenvalue weighted by Crippen LogP contribution is -2.38. The third-order valence-electron chi connectivity index (χ3n) is 4.09. The van der Waals surface area contributed by atoms with E-state index in [4.69, 9.17) is 4.74 Å². The fourth-order valence-corrected chi connectivity index (χ4v) is 2.81. The van der Waals surface area contributed by atoms with E-state index in [9.17, 15) is 14.7 Å². The Morgan fingerprint density at radius 2 is 2.00 bits per heavy atom. The van der Waals surface area contributed by atoms with Crippen LogP contribution in [0.4, 0.5) is 0 Å². The number of nitrogens with one attached hydrogen (secondary N) is 1. The summed E-state index contributed by atoms with van der Waals surface area (Å²) in [6.45, 7) is 8.33. The topological polar surface area (TPSA) is 75.6 Å². The summed E-state index contributed by atoms with van der Waals surface area (Å²) in [6.07, 6.45) is 1.59. The highest BCUT2D eigenvalue weighted by molar-refractivity contribution is 5.98. The van der Waals surface area contributed by atoms with E-state index in [1.807, 2.05) is 13.8 Å². The number of ketones is 1. The van der Waals surface area contributed by atoms with Crippen LogP contribution in [0.5, 0.6) is 11.5 Å². The minimum absolute atomic E-state index is 0.105. The van der Waals surface area contributed by atoms with Crippen LogP contribution in [0.1, 0.15) is 50.9 Å². The zero-order valence-corrected chi connectivity index (χ0v) is 14.2. The number of rotatable bonds is 6. The maximum atomic E-state index is 12.0. The molecule has 0 atom stereocenters. The number of hydrogen-bond donors (Lipinski definition) is 2. The Morgan fingerprint density at radius 1 is 1.35 bits per heavy atom. The van der Waals surface area contributed by atoms with Gasteiger partial charge in [-0.05, 0) is 36.5 Å². The number of phenols is 1. The van der Waals surface area contributed by atoms with E-state index in [0.29, 0.717) is 5.56 Å². The molecule has 0 radical (unpaired) electrons. The molecule has 1 saturated carbocycles. The van der Waals surface area contributed by atoms with Crippen molar-refractivity contribution in [1.29, 1.82) is 0 Å². The fraction of sp³-hybridized carbons (Fsp3) is 0.556. The van der Waals surface area contributed by atoms with E-state index in [-0.39, 0.29) is 47.2 Å². The van der Waals surface area contributed by atoms with Gasteiger partial charge in [0.1, 0.15) is 0 Å². The zero-order chi connectivity index (χ0) is 17.2. The predicted octanol–water partition coefficient (Wildman–Crippen LogP) is 2.91. The number of benzene rings is 1. The van der Waals surface area contributed by atoms with Crippen molar-refractivity contribution < 1.29 is 19.4 Å². The Hall–Kier alpha value is -1.88. The maximum absolute atomic E-state index is 12.0. The summed E-state index contributed by atoms with van der Waals surface area (Å²) < 4.78 is 5.26. The van der Waals surface area contributed by atoms with Crippen molar-refractivity contribution in [3.05, 3.63) is 23.8 Å². The van der Waals surface area contributed by atoms with Gasteiger partial charge in [-0.2, -0.15) is 0 Å². The first-order valence-corrected chi connectivity index (χ1v) is 7.99. The maximum Gasteiger partial charge on any atom is 0.314 e. The van der Waals surface area contributed by atoms with E-state index >= 15 is 0 Å². The summed E-state index contributed by atoms with van der Waals surface area (Å²) in [4.78, 5) is 24.0. The van der Waals surface area contributed by atoms with Crippen molar-refractivity contribution in [1.82, 2.24) is 5.32 Å². The van der Waals surface area contributed by atoms with Gasteiger partial charge in [-0.15, -0.1) is 0 Å². The summed E-state index contributed by atoms with van der Waals surface area (Å²) in [5.41, 5.74) is 0.575. The number of hydrogen-bond acceptors (Lipinski definition) is 5. The number of aromatic hydroxyl groups is 1. The Morgan fingerprint density at radius 3 is 2.52 bits per heavy atom. The highest BCUT2D eigenvalue weighted by Crippen LogP contribution is 2.45. The lowest BCUT2D eigenvalue weighted by molar-refractivity contribution is -0.146. The second-order valence-electron chi connectivity index (χ2n) is 7.33. The van der Waals surface area contributed by atoms with E-state index in [2.05, 4.69) is 19.2 Å². The molecule has 1 aliphatic carbocycles. The van der Waals surface area contributed by atoms with Gasteiger partial charge >= 0.3 is 5.97 Å². The van der Waals surface area contributed by atoms with Crippen LogP contribution in [0.25, 0.3) is 0 Å². The van der Waals surface area contributed by atoms with Gasteiger partial charge in [-0.1, -0.05) is 27.7 Å². The van der Waals surface area contributed by atoms with Crippen LogP contribution < -0.4 is 10.1 Å². The molecule has 1 aromatic carbocycles. The average Bonchev–Trinajstić information content (AvgIpc) is 2.44. The molecule has 5 heteroatoms. The molecule has 2 rings (SSSR count). The minimum atomic E-state index is -0.319. The average molecular weight is 319 g/mol. The second kappa shape index (κ2) is 6.71. The fourth-order valence-electron chi connectivity index (χ4n) is 2.81. The van der Waals surface area contributed by atoms with Crippen molar-refractivity contribution in [2.24, 2.45) is 11.3 Å². The van der Waals surface area contributed by atoms with Crippen LogP contribution in [0, 0.1) is 11.3 Å². The number of esters is 1. The van der Waals surface area contributed by atoms with Crippen molar-refractivity contribution in [2.75, 3.05) is 6.54 Å². The molecular weight excluding hydrogens is 294 g/mol. The molecule has 1 aromatic rings. The van der Waals surface area contributed by atoms with Gasteiger partial charge in [-0.25, -0.2) is 0 Å². The summed E-state index contributed by atoms with van der Waals surface area (Å²) in [5.74, 6) is -0.630. The first-order valence-electron chi connectivity index (χ1n) is 7.99. The number of ether oxygens (including phenoxy) is 1. The van der Waals surface area contributed by atoms with Crippen LogP contribution in [0.15, 0.2) is 18.2 Å². The Labute approximate surface area is 137 Å². The first kappa shape index (κ1) is 17.5. The van der Waals surface area contributed by atoms with Crippen molar-refractivity contribution in [2.45, 2.75) is 46.6 Å². The zero-order valence-electron chi connectivity index (χ0n) is 14.2. The minimum Gasteiger partial charge on any atom is -0.504 e. The molecule has 5 nitrogen and oxygen atoms in total. The van der Waals surface area contributed by atoms with Gasteiger partial charge in [0, 0.05) is 11.6 Å². The van der Waals surface area contributed by atoms with Crippen molar-refractivity contribution in [3.63, 3.8) is 0 Å². The number of phenolic OH excluding ortho intramolecular Hbond substituents is 1. The molecule has 23 heavy (non-hydrogen) atoms. The second-order valence-corrected chi connectivity index (χ2v) is 7.33.